The number of nitrogens with zero attached hydrogens (tertiary/aromatic N) is 2. The first-order valence-electron chi connectivity index (χ1n) is 16.8. The Morgan fingerprint density at radius 3 is 1.47 bits per heavy atom. The normalized spacial score (nSPS) is 17.2. The van der Waals surface area contributed by atoms with Gasteiger partial charge in [0.1, 0.15) is 0 Å². The Morgan fingerprint density at radius 1 is 0.426 bits per heavy atom. The molecule has 0 radical (unpaired) electrons. The molecule has 0 N–H and O–H groups in total. The molecular formula is C42H31B2BrN2. The van der Waals surface area contributed by atoms with Crippen LogP contribution in [0.1, 0.15) is 49.9 Å². The molecule has 5 aliphatic rings. The summed E-state index contributed by atoms with van der Waals surface area (Å²) in [6.45, 7) is 10.0. The number of halogens is 1. The van der Waals surface area contributed by atoms with E-state index in [1.807, 2.05) is 0 Å². The fourth-order valence-electron chi connectivity index (χ4n) is 10.0. The molecule has 0 atom stereocenters. The van der Waals surface area contributed by atoms with Crippen LogP contribution in [0.3, 0.4) is 0 Å². The zero-order valence-corrected chi connectivity index (χ0v) is 28.5. The summed E-state index contributed by atoms with van der Waals surface area (Å²) in [5.41, 5.74) is 21.7. The summed E-state index contributed by atoms with van der Waals surface area (Å²) in [4.78, 5) is 5.42. The van der Waals surface area contributed by atoms with E-state index in [2.05, 4.69) is 169 Å². The molecule has 0 spiro atoms. The molecule has 0 fully saturated rings. The van der Waals surface area contributed by atoms with Crippen molar-refractivity contribution in [3.8, 4) is 0 Å². The topological polar surface area (TPSA) is 6.48 Å². The van der Waals surface area contributed by atoms with E-state index in [1.54, 1.807) is 0 Å². The first-order valence-corrected chi connectivity index (χ1v) is 17.6. The zero-order chi connectivity index (χ0) is 31.6. The van der Waals surface area contributed by atoms with Gasteiger partial charge in [-0.25, -0.2) is 0 Å². The van der Waals surface area contributed by atoms with E-state index in [1.165, 1.54) is 89.2 Å². The molecule has 0 aromatic heterocycles. The Labute approximate surface area is 285 Å². The van der Waals surface area contributed by atoms with Crippen LogP contribution >= 0.6 is 15.9 Å². The molecule has 5 heteroatoms. The van der Waals surface area contributed by atoms with Gasteiger partial charge in [0.25, 0.3) is 0 Å². The van der Waals surface area contributed by atoms with Crippen LogP contribution in [0.2, 0.25) is 0 Å². The molecule has 47 heavy (non-hydrogen) atoms. The van der Waals surface area contributed by atoms with E-state index in [9.17, 15) is 0 Å². The molecule has 11 rings (SSSR count). The van der Waals surface area contributed by atoms with Gasteiger partial charge in [-0.05, 0) is 50.2 Å². The molecular weight excluding hydrogens is 634 g/mol. The van der Waals surface area contributed by atoms with Crippen LogP contribution in [-0.4, -0.2) is 13.4 Å². The molecule has 0 saturated carbocycles. The van der Waals surface area contributed by atoms with Gasteiger partial charge in [-0.2, -0.15) is 0 Å². The van der Waals surface area contributed by atoms with E-state index < -0.39 is 0 Å². The second kappa shape index (κ2) is 8.51. The summed E-state index contributed by atoms with van der Waals surface area (Å²) in [5.74, 6) is 0. The van der Waals surface area contributed by atoms with Crippen molar-refractivity contribution in [2.75, 3.05) is 9.80 Å². The van der Waals surface area contributed by atoms with Gasteiger partial charge in [0.2, 0.25) is 13.4 Å². The molecule has 0 bridgehead atoms. The maximum Gasteiger partial charge on any atom is 0.246 e. The minimum atomic E-state index is -0.195. The Kier molecular flexibility index (Phi) is 4.81. The van der Waals surface area contributed by atoms with Crippen LogP contribution in [0.5, 0.6) is 0 Å². The highest BCUT2D eigenvalue weighted by Gasteiger charge is 2.55. The fourth-order valence-corrected chi connectivity index (χ4v) is 10.5. The average molecular weight is 665 g/mol. The van der Waals surface area contributed by atoms with Gasteiger partial charge in [0.05, 0.1) is 22.7 Å². The monoisotopic (exact) mass is 664 g/mol. The summed E-state index contributed by atoms with van der Waals surface area (Å²) in [6.07, 6.45) is 0. The highest BCUT2D eigenvalue weighted by Crippen LogP contribution is 2.66. The van der Waals surface area contributed by atoms with Crippen molar-refractivity contribution in [2.45, 2.75) is 38.5 Å². The maximum absolute atomic E-state index is 3.98. The smallest absolute Gasteiger partial charge is 0.246 e. The van der Waals surface area contributed by atoms with E-state index in [0.29, 0.717) is 0 Å². The first-order chi connectivity index (χ1) is 22.8. The van der Waals surface area contributed by atoms with Crippen LogP contribution in [-0.2, 0) is 10.8 Å². The minimum absolute atomic E-state index is 0.127. The summed E-state index contributed by atoms with van der Waals surface area (Å²) < 4.78 is 1.14. The first kappa shape index (κ1) is 26.6. The molecule has 222 valence electrons. The summed E-state index contributed by atoms with van der Waals surface area (Å²) in [5, 5.41) is 0. The van der Waals surface area contributed by atoms with Gasteiger partial charge in [0, 0.05) is 26.7 Å². The van der Waals surface area contributed by atoms with Crippen molar-refractivity contribution in [2.24, 2.45) is 0 Å². The highest BCUT2D eigenvalue weighted by atomic mass is 79.9. The Morgan fingerprint density at radius 2 is 0.894 bits per heavy atom. The van der Waals surface area contributed by atoms with Gasteiger partial charge in [-0.15, -0.1) is 0 Å². The van der Waals surface area contributed by atoms with Gasteiger partial charge < -0.3 is 9.80 Å². The van der Waals surface area contributed by atoms with Crippen LogP contribution in [0.25, 0.3) is 0 Å². The summed E-state index contributed by atoms with van der Waals surface area (Å²) in [6, 6.07) is 44.0. The Balaban J connectivity index is 1.36. The fraction of sp³-hybridized carbons (Fsp3) is 0.143. The van der Waals surface area contributed by atoms with Crippen molar-refractivity contribution in [1.82, 2.24) is 0 Å². The average Bonchev–Trinajstić information content (AvgIpc) is 3.08. The van der Waals surface area contributed by atoms with Crippen LogP contribution < -0.4 is 42.6 Å². The predicted molar refractivity (Wildman–Crippen MR) is 204 cm³/mol. The third-order valence-corrected chi connectivity index (χ3v) is 12.5. The van der Waals surface area contributed by atoms with E-state index >= 15 is 0 Å². The third-order valence-electron chi connectivity index (χ3n) is 12.1. The molecule has 0 saturated heterocycles. The van der Waals surface area contributed by atoms with Gasteiger partial charge in [-0.3, -0.25) is 0 Å². The number of hydrogen-bond acceptors (Lipinski definition) is 2. The maximum atomic E-state index is 3.98. The van der Waals surface area contributed by atoms with Crippen molar-refractivity contribution >= 4 is 96.3 Å². The predicted octanol–water partition coefficient (Wildman–Crippen LogP) is 6.64. The van der Waals surface area contributed by atoms with E-state index in [-0.39, 0.29) is 24.3 Å². The quantitative estimate of drug-likeness (QED) is 0.191. The number of para-hydroxylation sites is 1. The van der Waals surface area contributed by atoms with Crippen molar-refractivity contribution in [3.05, 3.63) is 142 Å². The van der Waals surface area contributed by atoms with Crippen molar-refractivity contribution in [1.29, 1.82) is 0 Å². The summed E-state index contributed by atoms with van der Waals surface area (Å²) >= 11 is 3.98. The van der Waals surface area contributed by atoms with Gasteiger partial charge >= 0.3 is 0 Å². The lowest BCUT2D eigenvalue weighted by atomic mass is 9.33. The second-order valence-electron chi connectivity index (χ2n) is 15.0. The Bertz CT molecular complexity index is 2400. The third kappa shape index (κ3) is 2.98. The zero-order valence-electron chi connectivity index (χ0n) is 26.9. The van der Waals surface area contributed by atoms with Gasteiger partial charge in [-0.1, -0.05) is 164 Å². The van der Waals surface area contributed by atoms with E-state index in [0.717, 1.165) is 4.47 Å². The van der Waals surface area contributed by atoms with Crippen LogP contribution in [0, 0.1) is 0 Å². The molecule has 0 amide bonds. The standard InChI is InChI=1S/C42H31B2BrN2/c1-41(2)27-16-11-17-31-35(27)46-37-28(41)18-21-33-40(37)47-36-30(22-26(45)23-34(36)44(33)25-14-9-6-10-15-25)42(3,4)29-19-20-32(39(46)38(29)47)43(31)24-12-7-5-8-13-24/h5-23H,1-4H3. The molecule has 0 aliphatic carbocycles. The molecule has 5 heterocycles. The highest BCUT2D eigenvalue weighted by molar-refractivity contribution is 9.10. The van der Waals surface area contributed by atoms with Crippen LogP contribution in [0.15, 0.2) is 120 Å². The van der Waals surface area contributed by atoms with E-state index in [4.69, 9.17) is 0 Å². The lowest BCUT2D eigenvalue weighted by molar-refractivity contribution is 0.624. The molecule has 0 unspecified atom stereocenters. The number of hydrogen-bond donors (Lipinski definition) is 0. The molecule has 6 aromatic rings. The lowest BCUT2D eigenvalue weighted by Crippen LogP contribution is -2.63. The SMILES string of the molecule is CC1(C)c2cccc3c2N2c4c(ccc5c4N4c6c(cc(Br)cc6C5(C)C)B(c5ccccc5)c5ccc1c2c54)B3c1ccccc1. The largest absolute Gasteiger partial charge is 0.307 e. The molecule has 2 nitrogen and oxygen atoms in total. The lowest BCUT2D eigenvalue weighted by Gasteiger charge is -2.57. The Hall–Kier alpha value is -4.47. The van der Waals surface area contributed by atoms with Gasteiger partial charge in [0.15, 0.2) is 0 Å². The van der Waals surface area contributed by atoms with Crippen molar-refractivity contribution < 1.29 is 0 Å². The van der Waals surface area contributed by atoms with Crippen LogP contribution in [0.4, 0.5) is 34.1 Å². The number of benzene rings is 6. The van der Waals surface area contributed by atoms with Crippen molar-refractivity contribution in [3.63, 3.8) is 0 Å². The second-order valence-corrected chi connectivity index (χ2v) is 16.0. The number of rotatable bonds is 2. The minimum Gasteiger partial charge on any atom is -0.307 e. The number of anilines is 6. The summed E-state index contributed by atoms with van der Waals surface area (Å²) in [7, 11) is 0. The molecule has 5 aliphatic heterocycles. The molecule has 6 aromatic carbocycles.